The molecule has 0 aromatic rings. The van der Waals surface area contributed by atoms with E-state index in [4.69, 9.17) is 19.0 Å². The molecule has 0 aromatic carbocycles. The predicted molar refractivity (Wildman–Crippen MR) is 121 cm³/mol. The highest BCUT2D eigenvalue weighted by atomic mass is 31.3. The van der Waals surface area contributed by atoms with Crippen LogP contribution in [-0.2, 0) is 31.6 Å². The molecule has 2 aliphatic rings. The second kappa shape index (κ2) is 13.1. The highest BCUT2D eigenvalue weighted by Crippen LogP contribution is 2.66. The molecule has 1 aliphatic carbocycles. The van der Waals surface area contributed by atoms with Crippen molar-refractivity contribution in [1.82, 2.24) is 0 Å². The summed E-state index contributed by atoms with van der Waals surface area (Å²) in [4.78, 5) is 36.0. The van der Waals surface area contributed by atoms with Gasteiger partial charge in [0.05, 0.1) is 18.8 Å². The van der Waals surface area contributed by atoms with Crippen molar-refractivity contribution in [2.24, 2.45) is 17.8 Å². The normalized spacial score (nSPS) is 28.9. The Morgan fingerprint density at radius 3 is 2.06 bits per heavy atom. The Labute approximate surface area is 196 Å². The number of rotatable bonds is 12. The molecule has 2 fully saturated rings. The maximum atomic E-state index is 11.9. The molecule has 0 radical (unpaired) electrons. The van der Waals surface area contributed by atoms with Crippen LogP contribution in [0.4, 0.5) is 0 Å². The van der Waals surface area contributed by atoms with Gasteiger partial charge in [0.2, 0.25) is 0 Å². The van der Waals surface area contributed by atoms with Gasteiger partial charge in [0, 0.05) is 0 Å². The van der Waals surface area contributed by atoms with Gasteiger partial charge in [-0.3, -0.25) is 4.52 Å². The van der Waals surface area contributed by atoms with Gasteiger partial charge in [-0.05, 0) is 37.0 Å². The molecule has 1 saturated heterocycles. The minimum Gasteiger partial charge on any atom is -0.372 e. The first-order chi connectivity index (χ1) is 15.3. The van der Waals surface area contributed by atoms with E-state index in [1.165, 1.54) is 44.9 Å². The predicted octanol–water partition coefficient (Wildman–Crippen LogP) is 5.29. The molecule has 4 unspecified atom stereocenters. The summed E-state index contributed by atoms with van der Waals surface area (Å²) in [6.07, 6.45) is 12.2. The Morgan fingerprint density at radius 2 is 1.48 bits per heavy atom. The molecule has 6 atom stereocenters. The third kappa shape index (κ3) is 11.3. The van der Waals surface area contributed by atoms with Gasteiger partial charge in [-0.1, -0.05) is 65.2 Å². The standard InChI is InChI=1S/C19H39O11P3/c1-3-16(17-9-7-5-4-6-8-10-17)13-15(2)19-12-11-18(28-19)14-27-32(23,24)30-33(25,26)29-31(20,21)22/h15-19H,3-14H2,1-2H3,(H,23,24)(H,25,26)(H2,20,21,22)/t15?,16?,18-,19+/m0/s1. The molecule has 0 aromatic heterocycles. The monoisotopic (exact) mass is 536 g/mol. The summed E-state index contributed by atoms with van der Waals surface area (Å²) >= 11 is 0. The molecule has 14 heteroatoms. The van der Waals surface area contributed by atoms with Crippen LogP contribution in [0.1, 0.15) is 84.5 Å². The maximum Gasteiger partial charge on any atom is 0.490 e. The number of phosphoric acid groups is 3. The first-order valence-electron chi connectivity index (χ1n) is 11.7. The van der Waals surface area contributed by atoms with E-state index in [0.717, 1.165) is 25.2 Å². The van der Waals surface area contributed by atoms with Crippen molar-refractivity contribution in [1.29, 1.82) is 0 Å². The van der Waals surface area contributed by atoms with Crippen LogP contribution in [0, 0.1) is 17.8 Å². The summed E-state index contributed by atoms with van der Waals surface area (Å²) in [5.74, 6) is 1.72. The van der Waals surface area contributed by atoms with E-state index in [1.54, 1.807) is 0 Å². The lowest BCUT2D eigenvalue weighted by atomic mass is 9.76. The van der Waals surface area contributed by atoms with Gasteiger partial charge in [0.1, 0.15) is 0 Å². The van der Waals surface area contributed by atoms with Crippen molar-refractivity contribution in [3.63, 3.8) is 0 Å². The van der Waals surface area contributed by atoms with Crippen LogP contribution in [0.25, 0.3) is 0 Å². The SMILES string of the molecule is CCC(CC(C)[C@H]1CC[C@@H](COP(=O)(O)OP(=O)(O)OP(=O)(O)O)O1)C1CCCCCCC1. The summed E-state index contributed by atoms with van der Waals surface area (Å²) in [5, 5.41) is 0. The third-order valence-corrected chi connectivity index (χ3v) is 10.4. The van der Waals surface area contributed by atoms with Crippen molar-refractivity contribution < 1.29 is 51.2 Å². The Kier molecular flexibility index (Phi) is 11.7. The van der Waals surface area contributed by atoms with Crippen molar-refractivity contribution in [2.75, 3.05) is 6.61 Å². The van der Waals surface area contributed by atoms with Crippen LogP contribution in [0.2, 0.25) is 0 Å². The third-order valence-electron chi connectivity index (χ3n) is 6.63. The van der Waals surface area contributed by atoms with E-state index < -0.39 is 29.6 Å². The lowest BCUT2D eigenvalue weighted by Gasteiger charge is -2.32. The average molecular weight is 536 g/mol. The molecule has 33 heavy (non-hydrogen) atoms. The van der Waals surface area contributed by atoms with Crippen LogP contribution < -0.4 is 0 Å². The highest BCUT2D eigenvalue weighted by Gasteiger charge is 2.41. The van der Waals surface area contributed by atoms with Gasteiger partial charge in [0.25, 0.3) is 0 Å². The van der Waals surface area contributed by atoms with Crippen molar-refractivity contribution in [3.05, 3.63) is 0 Å². The number of hydrogen-bond acceptors (Lipinski definition) is 7. The Bertz CT molecular complexity index is 734. The van der Waals surface area contributed by atoms with Gasteiger partial charge >= 0.3 is 23.5 Å². The van der Waals surface area contributed by atoms with E-state index in [9.17, 15) is 23.5 Å². The topological polar surface area (TPSA) is 169 Å². The molecule has 196 valence electrons. The zero-order chi connectivity index (χ0) is 24.7. The fourth-order valence-electron chi connectivity index (χ4n) is 5.04. The van der Waals surface area contributed by atoms with E-state index in [2.05, 4.69) is 22.5 Å². The Hall–Kier alpha value is 0.370. The van der Waals surface area contributed by atoms with E-state index >= 15 is 0 Å². The van der Waals surface area contributed by atoms with Crippen LogP contribution in [0.15, 0.2) is 0 Å². The van der Waals surface area contributed by atoms with Gasteiger partial charge < -0.3 is 24.3 Å². The lowest BCUT2D eigenvalue weighted by molar-refractivity contribution is -0.0175. The van der Waals surface area contributed by atoms with Crippen molar-refractivity contribution in [3.8, 4) is 0 Å². The minimum atomic E-state index is -5.51. The lowest BCUT2D eigenvalue weighted by Crippen LogP contribution is -2.26. The van der Waals surface area contributed by atoms with Crippen molar-refractivity contribution in [2.45, 2.75) is 96.7 Å². The molecule has 11 nitrogen and oxygen atoms in total. The largest absolute Gasteiger partial charge is 0.490 e. The summed E-state index contributed by atoms with van der Waals surface area (Å²) in [5.41, 5.74) is 0. The first kappa shape index (κ1) is 29.6. The van der Waals surface area contributed by atoms with Crippen LogP contribution in [0.3, 0.4) is 0 Å². The fourth-order valence-corrected chi connectivity index (χ4v) is 8.09. The molecule has 0 spiro atoms. The molecule has 4 N–H and O–H groups in total. The molecular weight excluding hydrogens is 497 g/mol. The first-order valence-corrected chi connectivity index (χ1v) is 16.3. The van der Waals surface area contributed by atoms with Gasteiger partial charge in [-0.25, -0.2) is 13.7 Å². The molecular formula is C19H39O11P3. The molecule has 2 rings (SSSR count). The minimum absolute atomic E-state index is 0.0119. The molecule has 1 aliphatic heterocycles. The zero-order valence-corrected chi connectivity index (χ0v) is 22.0. The molecule has 0 amide bonds. The number of hydrogen-bond donors (Lipinski definition) is 4. The number of ether oxygens (including phenoxy) is 1. The van der Waals surface area contributed by atoms with Crippen LogP contribution in [0.5, 0.6) is 0 Å². The summed E-state index contributed by atoms with van der Waals surface area (Å²) in [7, 11) is -16.0. The van der Waals surface area contributed by atoms with Gasteiger partial charge in [-0.2, -0.15) is 8.62 Å². The van der Waals surface area contributed by atoms with Crippen molar-refractivity contribution >= 4 is 23.5 Å². The van der Waals surface area contributed by atoms with E-state index in [-0.39, 0.29) is 12.7 Å². The van der Waals surface area contributed by atoms with Gasteiger partial charge in [-0.15, -0.1) is 0 Å². The Balaban J connectivity index is 1.80. The Morgan fingerprint density at radius 1 is 0.879 bits per heavy atom. The molecule has 1 heterocycles. The quantitative estimate of drug-likeness (QED) is 0.239. The van der Waals surface area contributed by atoms with Gasteiger partial charge in [0.15, 0.2) is 0 Å². The smallest absolute Gasteiger partial charge is 0.372 e. The summed E-state index contributed by atoms with van der Waals surface area (Å²) in [6, 6.07) is 0. The fraction of sp³-hybridized carbons (Fsp3) is 1.00. The molecule has 1 saturated carbocycles. The summed E-state index contributed by atoms with van der Waals surface area (Å²) in [6.45, 7) is 4.05. The second-order valence-corrected chi connectivity index (χ2v) is 13.7. The maximum absolute atomic E-state index is 11.9. The highest BCUT2D eigenvalue weighted by molar-refractivity contribution is 7.66. The second-order valence-electron chi connectivity index (χ2n) is 9.25. The summed E-state index contributed by atoms with van der Waals surface area (Å²) < 4.78 is 52.2. The van der Waals surface area contributed by atoms with Crippen LogP contribution in [-0.4, -0.2) is 38.4 Å². The van der Waals surface area contributed by atoms with E-state index in [1.807, 2.05) is 0 Å². The zero-order valence-electron chi connectivity index (χ0n) is 19.4. The van der Waals surface area contributed by atoms with E-state index in [0.29, 0.717) is 18.3 Å². The average Bonchev–Trinajstić information content (AvgIpc) is 3.11. The number of phosphoric ester groups is 1. The molecule has 0 bridgehead atoms. The van der Waals surface area contributed by atoms with Crippen LogP contribution >= 0.6 is 23.5 Å².